The smallest absolute Gasteiger partial charge is 0.127 e. The van der Waals surface area contributed by atoms with Gasteiger partial charge in [0.15, 0.2) is 0 Å². The predicted octanol–water partition coefficient (Wildman–Crippen LogP) is 5.63. The molecule has 0 bridgehead atoms. The summed E-state index contributed by atoms with van der Waals surface area (Å²) >= 11 is 0. The van der Waals surface area contributed by atoms with Crippen LogP contribution in [0.25, 0.3) is 0 Å². The van der Waals surface area contributed by atoms with Crippen molar-refractivity contribution in [3.63, 3.8) is 0 Å². The number of aromatic hydroxyl groups is 2. The number of rotatable bonds is 6. The number of phenolic OH excluding ortho intramolecular Hbond substituents is 2. The molecule has 1 atom stereocenters. The zero-order valence-corrected chi connectivity index (χ0v) is 17.7. The molecule has 0 aliphatic carbocycles. The summed E-state index contributed by atoms with van der Waals surface area (Å²) in [5.74, 6) is 1.78. The summed E-state index contributed by atoms with van der Waals surface area (Å²) in [4.78, 5) is 0. The van der Waals surface area contributed by atoms with Crippen LogP contribution in [0, 0.1) is 0 Å². The van der Waals surface area contributed by atoms with Crippen LogP contribution >= 0.6 is 0 Å². The van der Waals surface area contributed by atoms with Gasteiger partial charge in [0.1, 0.15) is 29.6 Å². The first kappa shape index (κ1) is 20.8. The zero-order chi connectivity index (χ0) is 21.2. The predicted molar refractivity (Wildman–Crippen MR) is 116 cm³/mol. The van der Waals surface area contributed by atoms with E-state index in [1.54, 1.807) is 18.2 Å². The number of phenols is 2. The highest BCUT2D eigenvalue weighted by Gasteiger charge is 2.28. The van der Waals surface area contributed by atoms with Gasteiger partial charge in [-0.15, -0.1) is 6.58 Å². The van der Waals surface area contributed by atoms with Gasteiger partial charge in [-0.2, -0.15) is 0 Å². The van der Waals surface area contributed by atoms with Crippen molar-refractivity contribution >= 4 is 0 Å². The highest BCUT2D eigenvalue weighted by molar-refractivity contribution is 5.53. The highest BCUT2D eigenvalue weighted by atomic mass is 16.5. The first-order chi connectivity index (χ1) is 13.7. The molecule has 0 unspecified atom stereocenters. The quantitative estimate of drug-likeness (QED) is 0.624. The van der Waals surface area contributed by atoms with Crippen LogP contribution in [0.4, 0.5) is 0 Å². The van der Waals surface area contributed by atoms with Gasteiger partial charge in [-0.05, 0) is 44.0 Å². The average molecular weight is 395 g/mol. The molecule has 2 aromatic rings. The van der Waals surface area contributed by atoms with Gasteiger partial charge in [0.05, 0.1) is 6.61 Å². The van der Waals surface area contributed by atoms with Crippen LogP contribution in [-0.4, -0.2) is 23.4 Å². The number of hydrogen-bond donors (Lipinski definition) is 2. The second-order valence-electron chi connectivity index (χ2n) is 8.43. The summed E-state index contributed by atoms with van der Waals surface area (Å²) in [6, 6.07) is 8.91. The van der Waals surface area contributed by atoms with Crippen molar-refractivity contribution in [2.24, 2.45) is 0 Å². The minimum atomic E-state index is -0.317. The van der Waals surface area contributed by atoms with Crippen molar-refractivity contribution in [1.82, 2.24) is 0 Å². The Kier molecular flexibility index (Phi) is 5.92. The van der Waals surface area contributed by atoms with E-state index >= 15 is 0 Å². The van der Waals surface area contributed by atoms with Gasteiger partial charge in [-0.1, -0.05) is 31.6 Å². The van der Waals surface area contributed by atoms with Crippen LogP contribution in [0.3, 0.4) is 0 Å². The lowest BCUT2D eigenvalue weighted by atomic mass is 9.80. The zero-order valence-electron chi connectivity index (χ0n) is 17.7. The Hall–Kier alpha value is -2.88. The van der Waals surface area contributed by atoms with E-state index in [0.717, 1.165) is 23.1 Å². The highest BCUT2D eigenvalue weighted by Crippen LogP contribution is 2.42. The van der Waals surface area contributed by atoms with Crippen LogP contribution in [-0.2, 0) is 11.8 Å². The summed E-state index contributed by atoms with van der Waals surface area (Å²) in [5, 5.41) is 20.4. The largest absolute Gasteiger partial charge is 0.508 e. The molecule has 2 aromatic carbocycles. The van der Waals surface area contributed by atoms with Gasteiger partial charge in [-0.25, -0.2) is 0 Å². The lowest BCUT2D eigenvalue weighted by Crippen LogP contribution is -2.21. The fraction of sp³-hybridized carbons (Fsp3) is 0.360. The topological polar surface area (TPSA) is 58.9 Å². The second-order valence-corrected chi connectivity index (χ2v) is 8.43. The molecule has 154 valence electrons. The molecule has 0 radical (unpaired) electrons. The van der Waals surface area contributed by atoms with Crippen molar-refractivity contribution in [3.8, 4) is 23.0 Å². The Morgan fingerprint density at radius 3 is 2.69 bits per heavy atom. The molecule has 1 aliphatic rings. The molecule has 4 nitrogen and oxygen atoms in total. The van der Waals surface area contributed by atoms with Crippen molar-refractivity contribution < 1.29 is 19.7 Å². The number of benzene rings is 2. The Labute approximate surface area is 173 Å². The molecule has 0 amide bonds. The van der Waals surface area contributed by atoms with Crippen molar-refractivity contribution in [2.75, 3.05) is 13.2 Å². The standard InChI is InChI=1S/C25H30O4/c1-6-25(4,5)21-13-20(22(27)14-24(21)28-10-9-16(2)3)18-11-17-7-8-19(26)12-23(17)29-15-18/h6-9,12-14,18,26-27H,1,10-11,15H2,2-5H3/t18-/m0/s1. The summed E-state index contributed by atoms with van der Waals surface area (Å²) in [6.07, 6.45) is 4.64. The van der Waals surface area contributed by atoms with E-state index in [1.807, 2.05) is 38.1 Å². The Morgan fingerprint density at radius 2 is 2.00 bits per heavy atom. The molecule has 4 heteroatoms. The molecule has 1 aliphatic heterocycles. The van der Waals surface area contributed by atoms with Crippen LogP contribution < -0.4 is 9.47 Å². The molecule has 0 aromatic heterocycles. The van der Waals surface area contributed by atoms with Crippen molar-refractivity contribution in [2.45, 2.75) is 45.4 Å². The van der Waals surface area contributed by atoms with Crippen LogP contribution in [0.5, 0.6) is 23.0 Å². The lowest BCUT2D eigenvalue weighted by molar-refractivity contribution is 0.258. The molecule has 0 spiro atoms. The van der Waals surface area contributed by atoms with Gasteiger partial charge >= 0.3 is 0 Å². The average Bonchev–Trinajstić information content (AvgIpc) is 2.67. The van der Waals surface area contributed by atoms with Gasteiger partial charge in [0.25, 0.3) is 0 Å². The van der Waals surface area contributed by atoms with Gasteiger partial charge in [-0.3, -0.25) is 0 Å². The summed E-state index contributed by atoms with van der Waals surface area (Å²) in [5.41, 5.74) is 3.70. The second kappa shape index (κ2) is 8.24. The maximum atomic E-state index is 10.8. The first-order valence-corrected chi connectivity index (χ1v) is 9.93. The molecular formula is C25H30O4. The molecule has 3 rings (SSSR count). The molecule has 1 heterocycles. The minimum Gasteiger partial charge on any atom is -0.508 e. The minimum absolute atomic E-state index is 0.0123. The number of allylic oxidation sites excluding steroid dienone is 2. The van der Waals surface area contributed by atoms with Crippen molar-refractivity contribution in [3.05, 3.63) is 71.3 Å². The third kappa shape index (κ3) is 4.58. The normalized spacial score (nSPS) is 15.8. The fourth-order valence-electron chi connectivity index (χ4n) is 3.50. The Bertz CT molecular complexity index is 936. The molecular weight excluding hydrogens is 364 g/mol. The van der Waals surface area contributed by atoms with E-state index in [-0.39, 0.29) is 22.8 Å². The summed E-state index contributed by atoms with van der Waals surface area (Å²) < 4.78 is 11.9. The lowest BCUT2D eigenvalue weighted by Gasteiger charge is -2.29. The number of hydrogen-bond acceptors (Lipinski definition) is 4. The van der Waals surface area contributed by atoms with E-state index in [2.05, 4.69) is 20.4 Å². The van der Waals surface area contributed by atoms with E-state index < -0.39 is 0 Å². The van der Waals surface area contributed by atoms with E-state index in [9.17, 15) is 10.2 Å². The van der Waals surface area contributed by atoms with Gasteiger partial charge in [0.2, 0.25) is 0 Å². The maximum absolute atomic E-state index is 10.8. The van der Waals surface area contributed by atoms with Crippen LogP contribution in [0.2, 0.25) is 0 Å². The first-order valence-electron chi connectivity index (χ1n) is 9.93. The van der Waals surface area contributed by atoms with Gasteiger partial charge < -0.3 is 19.7 Å². The Morgan fingerprint density at radius 1 is 1.24 bits per heavy atom. The fourth-order valence-corrected chi connectivity index (χ4v) is 3.50. The summed E-state index contributed by atoms with van der Waals surface area (Å²) in [7, 11) is 0. The SMILES string of the molecule is C=CC(C)(C)c1cc([C@@H]2COc3cc(O)ccc3C2)c(O)cc1OCC=C(C)C. The van der Waals surface area contributed by atoms with E-state index in [0.29, 0.717) is 24.7 Å². The monoisotopic (exact) mass is 394 g/mol. The molecule has 0 saturated carbocycles. The van der Waals surface area contributed by atoms with E-state index in [4.69, 9.17) is 9.47 Å². The molecule has 0 saturated heterocycles. The number of ether oxygens (including phenoxy) is 2. The molecule has 29 heavy (non-hydrogen) atoms. The van der Waals surface area contributed by atoms with Crippen LogP contribution in [0.15, 0.2) is 54.6 Å². The number of fused-ring (bicyclic) bond motifs is 1. The Balaban J connectivity index is 1.97. The third-order valence-electron chi connectivity index (χ3n) is 5.46. The van der Waals surface area contributed by atoms with Crippen LogP contribution in [0.1, 0.15) is 50.3 Å². The maximum Gasteiger partial charge on any atom is 0.127 e. The van der Waals surface area contributed by atoms with Gasteiger partial charge in [0, 0.05) is 34.6 Å². The molecule has 2 N–H and O–H groups in total. The summed E-state index contributed by atoms with van der Waals surface area (Å²) in [6.45, 7) is 13.1. The third-order valence-corrected chi connectivity index (χ3v) is 5.46. The molecule has 0 fully saturated rings. The van der Waals surface area contributed by atoms with E-state index in [1.165, 1.54) is 5.57 Å². The van der Waals surface area contributed by atoms with Crippen molar-refractivity contribution in [1.29, 1.82) is 0 Å².